The van der Waals surface area contributed by atoms with Crippen LogP contribution in [-0.4, -0.2) is 5.75 Å². The van der Waals surface area contributed by atoms with E-state index < -0.39 is 0 Å². The number of hydrogen-bond acceptors (Lipinski definition) is 1. The summed E-state index contributed by atoms with van der Waals surface area (Å²) >= 11 is 4.24. The summed E-state index contributed by atoms with van der Waals surface area (Å²) in [6.45, 7) is 0. The van der Waals surface area contributed by atoms with Gasteiger partial charge in [0, 0.05) is 0 Å². The first-order valence-corrected chi connectivity index (χ1v) is 8.52. The predicted octanol–water partition coefficient (Wildman–Crippen LogP) is 5.95. The van der Waals surface area contributed by atoms with Crippen LogP contribution in [0.2, 0.25) is 0 Å². The molecule has 0 nitrogen and oxygen atoms in total. The molecule has 0 fully saturated rings. The van der Waals surface area contributed by atoms with Gasteiger partial charge in [-0.3, -0.25) is 0 Å². The van der Waals surface area contributed by atoms with Crippen LogP contribution in [0.1, 0.15) is 70.6 Å². The number of rotatable bonds is 12. The zero-order valence-corrected chi connectivity index (χ0v) is 12.7. The highest BCUT2D eigenvalue weighted by atomic mass is 32.1. The fourth-order valence-electron chi connectivity index (χ4n) is 2.58. The molecule has 0 saturated heterocycles. The summed E-state index contributed by atoms with van der Waals surface area (Å²) in [4.78, 5) is 0. The maximum atomic E-state index is 4.24. The molecule has 0 saturated carbocycles. The van der Waals surface area contributed by atoms with E-state index in [2.05, 4.69) is 36.9 Å². The fraction of sp³-hybridized carbons (Fsp3) is 0.765. The molecule has 0 aromatic carbocycles. The van der Waals surface area contributed by atoms with E-state index in [0.717, 1.165) is 11.7 Å². The molecule has 0 aromatic rings. The molecule has 0 heterocycles. The molecule has 0 spiro atoms. The third kappa shape index (κ3) is 8.85. The van der Waals surface area contributed by atoms with Crippen LogP contribution in [0.3, 0.4) is 0 Å². The second kappa shape index (κ2) is 11.9. The van der Waals surface area contributed by atoms with Crippen molar-refractivity contribution in [2.24, 2.45) is 5.92 Å². The summed E-state index contributed by atoms with van der Waals surface area (Å²) in [5.41, 5.74) is 0. The Morgan fingerprint density at radius 2 is 1.06 bits per heavy atom. The molecule has 0 atom stereocenters. The van der Waals surface area contributed by atoms with Crippen molar-refractivity contribution in [2.45, 2.75) is 70.6 Å². The Morgan fingerprint density at radius 3 is 1.56 bits per heavy atom. The van der Waals surface area contributed by atoms with E-state index >= 15 is 0 Å². The molecule has 18 heavy (non-hydrogen) atoms. The second-order valence-corrected chi connectivity index (χ2v) is 5.93. The van der Waals surface area contributed by atoms with E-state index in [0.29, 0.717) is 0 Å². The molecule has 0 radical (unpaired) electrons. The Morgan fingerprint density at radius 1 is 0.611 bits per heavy atom. The van der Waals surface area contributed by atoms with Gasteiger partial charge in [-0.2, -0.15) is 12.6 Å². The summed E-state index contributed by atoms with van der Waals surface area (Å²) in [7, 11) is 0. The average molecular weight is 266 g/mol. The maximum absolute atomic E-state index is 4.24. The van der Waals surface area contributed by atoms with E-state index in [1.54, 1.807) is 0 Å². The number of unbranched alkanes of at least 4 members (excludes halogenated alkanes) is 9. The van der Waals surface area contributed by atoms with Crippen molar-refractivity contribution in [3.8, 4) is 0 Å². The van der Waals surface area contributed by atoms with Crippen molar-refractivity contribution in [1.29, 1.82) is 0 Å². The van der Waals surface area contributed by atoms with Crippen molar-refractivity contribution >= 4 is 12.6 Å². The highest BCUT2D eigenvalue weighted by Crippen LogP contribution is 2.18. The van der Waals surface area contributed by atoms with Crippen LogP contribution in [0.5, 0.6) is 0 Å². The van der Waals surface area contributed by atoms with Gasteiger partial charge in [-0.1, -0.05) is 82.1 Å². The maximum Gasteiger partial charge on any atom is -0.00473 e. The monoisotopic (exact) mass is 266 g/mol. The molecule has 0 unspecified atom stereocenters. The summed E-state index contributed by atoms with van der Waals surface area (Å²) in [5.74, 6) is 1.81. The summed E-state index contributed by atoms with van der Waals surface area (Å²) in [6, 6.07) is 0. The van der Waals surface area contributed by atoms with Crippen molar-refractivity contribution in [3.63, 3.8) is 0 Å². The van der Waals surface area contributed by atoms with Crippen molar-refractivity contribution in [3.05, 3.63) is 24.3 Å². The van der Waals surface area contributed by atoms with E-state index in [9.17, 15) is 0 Å². The van der Waals surface area contributed by atoms with Gasteiger partial charge in [-0.25, -0.2) is 0 Å². The van der Waals surface area contributed by atoms with Gasteiger partial charge < -0.3 is 0 Å². The molecule has 0 N–H and O–H groups in total. The lowest BCUT2D eigenvalue weighted by Gasteiger charge is -2.05. The van der Waals surface area contributed by atoms with E-state index in [-0.39, 0.29) is 0 Å². The zero-order chi connectivity index (χ0) is 12.9. The smallest absolute Gasteiger partial charge is 0.00473 e. The molecule has 1 aliphatic rings. The van der Waals surface area contributed by atoms with Gasteiger partial charge in [0.05, 0.1) is 0 Å². The minimum Gasteiger partial charge on any atom is -0.179 e. The Kier molecular flexibility index (Phi) is 10.5. The first-order chi connectivity index (χ1) is 8.93. The molecular formula is C17H30S. The van der Waals surface area contributed by atoms with Crippen LogP contribution < -0.4 is 0 Å². The lowest BCUT2D eigenvalue weighted by molar-refractivity contribution is 0.539. The lowest BCUT2D eigenvalue weighted by Crippen LogP contribution is -1.89. The largest absolute Gasteiger partial charge is 0.179 e. The molecule has 1 heteroatoms. The SMILES string of the molecule is SCCCCCCCCCCCCC1C=CC=C1. The first-order valence-electron chi connectivity index (χ1n) is 7.89. The molecule has 1 aliphatic carbocycles. The second-order valence-electron chi connectivity index (χ2n) is 5.48. The molecule has 0 aliphatic heterocycles. The lowest BCUT2D eigenvalue weighted by atomic mass is 10.0. The molecule has 0 aromatic heterocycles. The quantitative estimate of drug-likeness (QED) is 0.327. The Hall–Kier alpha value is -0.170. The zero-order valence-electron chi connectivity index (χ0n) is 11.8. The van der Waals surface area contributed by atoms with E-state index in [1.807, 2.05) is 0 Å². The normalized spacial score (nSPS) is 14.7. The van der Waals surface area contributed by atoms with Crippen LogP contribution in [-0.2, 0) is 0 Å². The van der Waals surface area contributed by atoms with Gasteiger partial charge in [0.1, 0.15) is 0 Å². The van der Waals surface area contributed by atoms with E-state index in [4.69, 9.17) is 0 Å². The van der Waals surface area contributed by atoms with Gasteiger partial charge in [0.2, 0.25) is 0 Å². The third-order valence-corrected chi connectivity index (χ3v) is 4.09. The minimum atomic E-state index is 0.747. The molecule has 1 rings (SSSR count). The fourth-order valence-corrected chi connectivity index (χ4v) is 2.80. The molecule has 104 valence electrons. The molecular weight excluding hydrogens is 236 g/mol. The summed E-state index contributed by atoms with van der Waals surface area (Å²) in [6.07, 6.45) is 24.5. The Balaban J connectivity index is 1.71. The summed E-state index contributed by atoms with van der Waals surface area (Å²) in [5, 5.41) is 0. The topological polar surface area (TPSA) is 0 Å². The highest BCUT2D eigenvalue weighted by molar-refractivity contribution is 7.80. The summed E-state index contributed by atoms with van der Waals surface area (Å²) < 4.78 is 0. The van der Waals surface area contributed by atoms with Gasteiger partial charge in [0.25, 0.3) is 0 Å². The predicted molar refractivity (Wildman–Crippen MR) is 86.4 cm³/mol. The van der Waals surface area contributed by atoms with Crippen molar-refractivity contribution in [2.75, 3.05) is 5.75 Å². The number of allylic oxidation sites excluding steroid dienone is 4. The standard InChI is InChI=1S/C17H30S/c18-16-12-8-6-4-2-1-3-5-7-9-13-17-14-10-11-15-17/h10-11,14-15,17-18H,1-9,12-13,16H2. The number of hydrogen-bond donors (Lipinski definition) is 1. The Labute approximate surface area is 119 Å². The molecule has 0 amide bonds. The van der Waals surface area contributed by atoms with Gasteiger partial charge >= 0.3 is 0 Å². The Bertz CT molecular complexity index is 218. The van der Waals surface area contributed by atoms with Gasteiger partial charge in [-0.15, -0.1) is 0 Å². The van der Waals surface area contributed by atoms with Crippen LogP contribution in [0.15, 0.2) is 24.3 Å². The van der Waals surface area contributed by atoms with Crippen LogP contribution in [0.4, 0.5) is 0 Å². The van der Waals surface area contributed by atoms with Crippen molar-refractivity contribution in [1.82, 2.24) is 0 Å². The average Bonchev–Trinajstić information content (AvgIpc) is 2.89. The molecule has 0 bridgehead atoms. The van der Waals surface area contributed by atoms with Crippen LogP contribution in [0, 0.1) is 5.92 Å². The first kappa shape index (κ1) is 15.9. The minimum absolute atomic E-state index is 0.747. The number of thiol groups is 1. The van der Waals surface area contributed by atoms with Gasteiger partial charge in [-0.05, 0) is 24.5 Å². The van der Waals surface area contributed by atoms with Crippen LogP contribution >= 0.6 is 12.6 Å². The van der Waals surface area contributed by atoms with Crippen LogP contribution in [0.25, 0.3) is 0 Å². The van der Waals surface area contributed by atoms with Gasteiger partial charge in [0.15, 0.2) is 0 Å². The third-order valence-electron chi connectivity index (χ3n) is 3.77. The highest BCUT2D eigenvalue weighted by Gasteiger charge is 2.02. The van der Waals surface area contributed by atoms with Crippen molar-refractivity contribution < 1.29 is 0 Å². The van der Waals surface area contributed by atoms with E-state index in [1.165, 1.54) is 70.6 Å².